The van der Waals surface area contributed by atoms with Crippen LogP contribution in [-0.2, 0) is 16.6 Å². The van der Waals surface area contributed by atoms with Crippen LogP contribution >= 0.6 is 0 Å². The summed E-state index contributed by atoms with van der Waals surface area (Å²) in [4.78, 5) is 1.80. The van der Waals surface area contributed by atoms with Gasteiger partial charge in [0.25, 0.3) is 0 Å². The number of allylic oxidation sites excluding steroid dienone is 1. The molecule has 46 heavy (non-hydrogen) atoms. The maximum absolute atomic E-state index is 13.7. The van der Waals surface area contributed by atoms with E-state index in [1.54, 1.807) is 18.2 Å². The van der Waals surface area contributed by atoms with E-state index in [4.69, 9.17) is 9.88 Å². The van der Waals surface area contributed by atoms with Gasteiger partial charge in [0, 0.05) is 42.0 Å². The molecule has 0 aliphatic heterocycles. The Morgan fingerprint density at radius 3 is 2.41 bits per heavy atom. The number of ether oxygens (including phenoxy) is 1. The van der Waals surface area contributed by atoms with E-state index in [1.165, 1.54) is 25.3 Å². The standard InChI is InChI=1S/C32H40F3N5O5S/c1-22(39(15-17-41)16-18-42)23-8-10-24(11-9-23)38-28-6-3-7-30-27(28)19-25(40(30)21-32(33,34)35)5-4-14-37-29-13-12-26(46(36,43)44)20-31(29)45-2/h3,6-7,12-13,19-20,23-24,37-38,41-42H,1,8-11,14-18,21H2,2H3,(H2,36,43,44). The number of nitrogens with two attached hydrogens (primary N) is 1. The van der Waals surface area contributed by atoms with Gasteiger partial charge in [0.15, 0.2) is 0 Å². The van der Waals surface area contributed by atoms with Gasteiger partial charge in [-0.25, -0.2) is 13.6 Å². The van der Waals surface area contributed by atoms with Crippen LogP contribution in [0.15, 0.2) is 59.6 Å². The molecule has 0 radical (unpaired) electrons. The lowest BCUT2D eigenvalue weighted by molar-refractivity contribution is -0.140. The van der Waals surface area contributed by atoms with E-state index in [-0.39, 0.29) is 48.1 Å². The molecule has 0 unspecified atom stereocenters. The van der Waals surface area contributed by atoms with Crippen LogP contribution in [0.5, 0.6) is 5.75 Å². The minimum Gasteiger partial charge on any atom is -0.495 e. The smallest absolute Gasteiger partial charge is 0.406 e. The van der Waals surface area contributed by atoms with Crippen molar-refractivity contribution in [2.24, 2.45) is 11.1 Å². The number of hydrogen-bond donors (Lipinski definition) is 5. The Bertz CT molecular complexity index is 1680. The highest BCUT2D eigenvalue weighted by molar-refractivity contribution is 7.89. The molecule has 1 heterocycles. The van der Waals surface area contributed by atoms with E-state index in [0.717, 1.165) is 41.6 Å². The molecule has 0 amide bonds. The number of anilines is 2. The second kappa shape index (κ2) is 15.1. The zero-order chi connectivity index (χ0) is 33.5. The Morgan fingerprint density at radius 2 is 1.80 bits per heavy atom. The van der Waals surface area contributed by atoms with Crippen molar-refractivity contribution in [1.82, 2.24) is 9.47 Å². The Balaban J connectivity index is 1.51. The Kier molecular flexibility index (Phi) is 11.5. The largest absolute Gasteiger partial charge is 0.495 e. The first-order chi connectivity index (χ1) is 21.8. The summed E-state index contributed by atoms with van der Waals surface area (Å²) in [6, 6.07) is 11.1. The fourth-order valence-electron chi connectivity index (χ4n) is 5.82. The first kappa shape index (κ1) is 35.0. The molecule has 1 saturated carbocycles. The number of nitrogens with one attached hydrogen (secondary N) is 2. The van der Waals surface area contributed by atoms with Crippen molar-refractivity contribution in [3.05, 3.63) is 60.4 Å². The number of benzene rings is 2. The van der Waals surface area contributed by atoms with Crippen molar-refractivity contribution in [3.63, 3.8) is 0 Å². The van der Waals surface area contributed by atoms with Crippen LogP contribution in [0.1, 0.15) is 31.4 Å². The van der Waals surface area contributed by atoms with E-state index in [1.807, 2.05) is 11.0 Å². The molecule has 1 aliphatic carbocycles. The van der Waals surface area contributed by atoms with Crippen LogP contribution in [-0.4, -0.2) is 80.3 Å². The maximum Gasteiger partial charge on any atom is 0.406 e. The van der Waals surface area contributed by atoms with Crippen LogP contribution in [0.2, 0.25) is 0 Å². The van der Waals surface area contributed by atoms with Crippen molar-refractivity contribution in [3.8, 4) is 17.6 Å². The van der Waals surface area contributed by atoms with Gasteiger partial charge in [-0.05, 0) is 67.9 Å². The van der Waals surface area contributed by atoms with Gasteiger partial charge < -0.3 is 35.1 Å². The molecule has 0 spiro atoms. The monoisotopic (exact) mass is 663 g/mol. The van der Waals surface area contributed by atoms with Crippen molar-refractivity contribution in [1.29, 1.82) is 0 Å². The molecule has 4 rings (SSSR count). The minimum absolute atomic E-state index is 0.0250. The topological polar surface area (TPSA) is 142 Å². The number of hydrogen-bond acceptors (Lipinski definition) is 8. The van der Waals surface area contributed by atoms with Crippen LogP contribution in [0, 0.1) is 17.8 Å². The average molecular weight is 664 g/mol. The first-order valence-corrected chi connectivity index (χ1v) is 16.4. The highest BCUT2D eigenvalue weighted by Gasteiger charge is 2.30. The number of methoxy groups -OCH3 is 1. The summed E-state index contributed by atoms with van der Waals surface area (Å²) in [5, 5.41) is 31.1. The lowest BCUT2D eigenvalue weighted by Crippen LogP contribution is -2.35. The Morgan fingerprint density at radius 1 is 1.11 bits per heavy atom. The number of aliphatic hydroxyl groups is 2. The summed E-state index contributed by atoms with van der Waals surface area (Å²) in [5.41, 5.74) is 2.69. The summed E-state index contributed by atoms with van der Waals surface area (Å²) in [5.74, 6) is 6.18. The van der Waals surface area contributed by atoms with Gasteiger partial charge in [0.2, 0.25) is 10.0 Å². The number of rotatable bonds is 13. The molecule has 14 heteroatoms. The predicted molar refractivity (Wildman–Crippen MR) is 172 cm³/mol. The molecule has 1 fully saturated rings. The number of primary sulfonamides is 1. The number of sulfonamides is 1. The SMILES string of the molecule is C=C(C1CCC(Nc2cccc3c2cc(C#CCNc2ccc(S(N)(=O)=O)cc2OC)n3CC(F)(F)F)CC1)N(CCO)CCO. The van der Waals surface area contributed by atoms with Gasteiger partial charge in [-0.15, -0.1) is 0 Å². The number of alkyl halides is 3. The van der Waals surface area contributed by atoms with Gasteiger partial charge in [-0.2, -0.15) is 13.2 Å². The summed E-state index contributed by atoms with van der Waals surface area (Å²) in [7, 11) is -2.56. The zero-order valence-corrected chi connectivity index (χ0v) is 26.4. The number of aromatic nitrogens is 1. The fraction of sp³-hybridized carbons (Fsp3) is 0.438. The first-order valence-electron chi connectivity index (χ1n) is 14.9. The van der Waals surface area contributed by atoms with Gasteiger partial charge in [0.1, 0.15) is 12.3 Å². The third-order valence-electron chi connectivity index (χ3n) is 8.07. The zero-order valence-electron chi connectivity index (χ0n) is 25.6. The third kappa shape index (κ3) is 8.88. The Labute approximate surface area is 267 Å². The van der Waals surface area contributed by atoms with Crippen molar-refractivity contribution < 1.29 is 36.5 Å². The molecular weight excluding hydrogens is 623 g/mol. The quantitative estimate of drug-likeness (QED) is 0.172. The minimum atomic E-state index is -4.47. The number of halogens is 3. The predicted octanol–water partition coefficient (Wildman–Crippen LogP) is 4.09. The van der Waals surface area contributed by atoms with Crippen LogP contribution < -0.4 is 20.5 Å². The molecule has 1 aliphatic rings. The molecule has 1 aromatic heterocycles. The number of nitrogens with zero attached hydrogens (tertiary/aromatic N) is 2. The summed E-state index contributed by atoms with van der Waals surface area (Å²) in [6.07, 6.45) is -1.10. The molecule has 2 aromatic carbocycles. The molecule has 0 bridgehead atoms. The van der Waals surface area contributed by atoms with E-state index >= 15 is 0 Å². The number of fused-ring (bicyclic) bond motifs is 1. The van der Waals surface area contributed by atoms with E-state index in [9.17, 15) is 31.8 Å². The van der Waals surface area contributed by atoms with Crippen molar-refractivity contribution >= 4 is 32.3 Å². The van der Waals surface area contributed by atoms with Gasteiger partial charge in [-0.1, -0.05) is 18.6 Å². The lowest BCUT2D eigenvalue weighted by atomic mass is 9.83. The highest BCUT2D eigenvalue weighted by atomic mass is 32.2. The molecule has 3 aromatic rings. The van der Waals surface area contributed by atoms with Crippen molar-refractivity contribution in [2.45, 2.75) is 49.3 Å². The van der Waals surface area contributed by atoms with Crippen LogP contribution in [0.3, 0.4) is 0 Å². The highest BCUT2D eigenvalue weighted by Crippen LogP contribution is 2.35. The van der Waals surface area contributed by atoms with Gasteiger partial charge >= 0.3 is 6.18 Å². The normalized spacial score (nSPS) is 16.8. The average Bonchev–Trinajstić information content (AvgIpc) is 3.35. The fourth-order valence-corrected chi connectivity index (χ4v) is 6.35. The second-order valence-electron chi connectivity index (χ2n) is 11.2. The van der Waals surface area contributed by atoms with Crippen molar-refractivity contribution in [2.75, 3.05) is 50.6 Å². The third-order valence-corrected chi connectivity index (χ3v) is 8.98. The van der Waals surface area contributed by atoms with Crippen LogP contribution in [0.25, 0.3) is 10.9 Å². The lowest BCUT2D eigenvalue weighted by Gasteiger charge is -2.36. The molecule has 0 saturated heterocycles. The van der Waals surface area contributed by atoms with E-state index in [0.29, 0.717) is 29.7 Å². The summed E-state index contributed by atoms with van der Waals surface area (Å²) < 4.78 is 70.7. The van der Waals surface area contributed by atoms with Gasteiger partial charge in [0.05, 0.1) is 48.7 Å². The molecule has 6 N–H and O–H groups in total. The maximum atomic E-state index is 13.7. The van der Waals surface area contributed by atoms with Gasteiger partial charge in [-0.3, -0.25) is 0 Å². The molecule has 10 nitrogen and oxygen atoms in total. The molecule has 250 valence electrons. The Hall–Kier alpha value is -3.90. The summed E-state index contributed by atoms with van der Waals surface area (Å²) in [6.45, 7) is 3.84. The number of aliphatic hydroxyl groups excluding tert-OH is 2. The molecule has 0 atom stereocenters. The second-order valence-corrected chi connectivity index (χ2v) is 12.7. The van der Waals surface area contributed by atoms with Crippen LogP contribution in [0.4, 0.5) is 24.5 Å². The molecular formula is C32H40F3N5O5S. The van der Waals surface area contributed by atoms with E-state index in [2.05, 4.69) is 29.1 Å². The summed E-state index contributed by atoms with van der Waals surface area (Å²) >= 11 is 0. The van der Waals surface area contributed by atoms with E-state index < -0.39 is 22.7 Å².